The van der Waals surface area contributed by atoms with Crippen LogP contribution in [0.1, 0.15) is 23.8 Å². The zero-order chi connectivity index (χ0) is 13.9. The van der Waals surface area contributed by atoms with E-state index in [2.05, 4.69) is 9.97 Å². The standard InChI is InChI=1S/C15H19N3O2/c1-2-20-10-11-5-8-18(9-11)15(19)14-12-3-6-16-13(12)4-7-17-14/h3-4,6-7,11,16H,2,5,8-10H2,1H3/t11-/m0/s1. The van der Waals surface area contributed by atoms with Gasteiger partial charge in [0.15, 0.2) is 0 Å². The summed E-state index contributed by atoms with van der Waals surface area (Å²) in [5, 5.41) is 0.894. The lowest BCUT2D eigenvalue weighted by Gasteiger charge is -2.16. The van der Waals surface area contributed by atoms with Crippen molar-refractivity contribution in [2.75, 3.05) is 26.3 Å². The molecule has 1 amide bonds. The predicted molar refractivity (Wildman–Crippen MR) is 76.6 cm³/mol. The van der Waals surface area contributed by atoms with Crippen LogP contribution in [0.3, 0.4) is 0 Å². The first-order valence-electron chi connectivity index (χ1n) is 7.08. The number of nitrogens with zero attached hydrogens (tertiary/aromatic N) is 2. The number of pyridine rings is 1. The number of nitrogens with one attached hydrogen (secondary N) is 1. The van der Waals surface area contributed by atoms with E-state index in [4.69, 9.17) is 4.74 Å². The Morgan fingerprint density at radius 1 is 1.55 bits per heavy atom. The number of ether oxygens (including phenoxy) is 1. The second-order valence-corrected chi connectivity index (χ2v) is 5.16. The van der Waals surface area contributed by atoms with Crippen LogP contribution < -0.4 is 0 Å². The van der Waals surface area contributed by atoms with Crippen LogP contribution in [0.25, 0.3) is 10.9 Å². The molecule has 1 N–H and O–H groups in total. The number of carbonyl (C=O) groups is 1. The summed E-state index contributed by atoms with van der Waals surface area (Å²) in [6, 6.07) is 3.79. The smallest absolute Gasteiger partial charge is 0.273 e. The lowest BCUT2D eigenvalue weighted by Crippen LogP contribution is -2.30. The van der Waals surface area contributed by atoms with Gasteiger partial charge in [0, 0.05) is 48.9 Å². The van der Waals surface area contributed by atoms with Crippen molar-refractivity contribution in [1.29, 1.82) is 0 Å². The zero-order valence-corrected chi connectivity index (χ0v) is 11.6. The Kier molecular flexibility index (Phi) is 3.69. The summed E-state index contributed by atoms with van der Waals surface area (Å²) in [7, 11) is 0. The summed E-state index contributed by atoms with van der Waals surface area (Å²) in [5.74, 6) is 0.471. The van der Waals surface area contributed by atoms with Gasteiger partial charge < -0.3 is 14.6 Å². The summed E-state index contributed by atoms with van der Waals surface area (Å²) in [4.78, 5) is 21.9. The van der Waals surface area contributed by atoms with E-state index in [1.165, 1.54) is 0 Å². The number of carbonyl (C=O) groups excluding carboxylic acids is 1. The Bertz CT molecular complexity index is 608. The van der Waals surface area contributed by atoms with Gasteiger partial charge >= 0.3 is 0 Å². The van der Waals surface area contributed by atoms with Crippen LogP contribution in [-0.4, -0.2) is 47.1 Å². The molecule has 1 aliphatic rings. The molecule has 2 aromatic heterocycles. The van der Waals surface area contributed by atoms with Gasteiger partial charge in [-0.2, -0.15) is 0 Å². The predicted octanol–water partition coefficient (Wildman–Crippen LogP) is 2.06. The molecule has 106 valence electrons. The van der Waals surface area contributed by atoms with E-state index in [-0.39, 0.29) is 5.91 Å². The highest BCUT2D eigenvalue weighted by Crippen LogP contribution is 2.22. The normalized spacial score (nSPS) is 18.9. The van der Waals surface area contributed by atoms with Crippen LogP contribution in [0, 0.1) is 5.92 Å². The Balaban J connectivity index is 1.75. The van der Waals surface area contributed by atoms with Gasteiger partial charge in [0.25, 0.3) is 5.91 Å². The van der Waals surface area contributed by atoms with E-state index in [1.54, 1.807) is 6.20 Å². The monoisotopic (exact) mass is 273 g/mol. The first-order valence-corrected chi connectivity index (χ1v) is 7.08. The average Bonchev–Trinajstić information content (AvgIpc) is 3.12. The average molecular weight is 273 g/mol. The summed E-state index contributed by atoms with van der Waals surface area (Å²) in [6.45, 7) is 5.02. The minimum Gasteiger partial charge on any atom is -0.381 e. The lowest BCUT2D eigenvalue weighted by molar-refractivity contribution is 0.0759. The van der Waals surface area contributed by atoms with Crippen LogP contribution in [0.5, 0.6) is 0 Å². The van der Waals surface area contributed by atoms with Crippen LogP contribution >= 0.6 is 0 Å². The fraction of sp³-hybridized carbons (Fsp3) is 0.467. The van der Waals surface area contributed by atoms with Crippen molar-refractivity contribution in [3.8, 4) is 0 Å². The first-order chi connectivity index (χ1) is 9.79. The third-order valence-corrected chi connectivity index (χ3v) is 3.81. The van der Waals surface area contributed by atoms with Crippen molar-refractivity contribution in [3.05, 3.63) is 30.2 Å². The van der Waals surface area contributed by atoms with Crippen molar-refractivity contribution in [3.63, 3.8) is 0 Å². The highest BCUT2D eigenvalue weighted by atomic mass is 16.5. The van der Waals surface area contributed by atoms with Crippen molar-refractivity contribution >= 4 is 16.8 Å². The molecule has 0 saturated carbocycles. The van der Waals surface area contributed by atoms with Gasteiger partial charge in [-0.15, -0.1) is 0 Å². The van der Waals surface area contributed by atoms with Gasteiger partial charge in [-0.1, -0.05) is 0 Å². The Labute approximate surface area is 117 Å². The highest BCUT2D eigenvalue weighted by molar-refractivity contribution is 6.04. The minimum atomic E-state index is 0.0224. The van der Waals surface area contributed by atoms with Gasteiger partial charge in [0.05, 0.1) is 6.61 Å². The van der Waals surface area contributed by atoms with Crippen molar-refractivity contribution in [2.24, 2.45) is 5.92 Å². The van der Waals surface area contributed by atoms with Gasteiger partial charge in [0.2, 0.25) is 0 Å². The van der Waals surface area contributed by atoms with Crippen molar-refractivity contribution < 1.29 is 9.53 Å². The largest absolute Gasteiger partial charge is 0.381 e. The second-order valence-electron chi connectivity index (χ2n) is 5.16. The molecule has 1 aliphatic heterocycles. The third-order valence-electron chi connectivity index (χ3n) is 3.81. The number of aromatic nitrogens is 2. The number of aromatic amines is 1. The molecule has 3 heterocycles. The molecule has 5 heteroatoms. The van der Waals surface area contributed by atoms with Crippen LogP contribution in [0.4, 0.5) is 0 Å². The maximum atomic E-state index is 12.6. The number of amides is 1. The fourth-order valence-electron chi connectivity index (χ4n) is 2.74. The van der Waals surface area contributed by atoms with E-state index in [1.807, 2.05) is 30.2 Å². The number of fused-ring (bicyclic) bond motifs is 1. The number of likely N-dealkylation sites (tertiary alicyclic amines) is 1. The van der Waals surface area contributed by atoms with Gasteiger partial charge in [-0.05, 0) is 25.5 Å². The quantitative estimate of drug-likeness (QED) is 0.927. The van der Waals surface area contributed by atoms with E-state index in [0.717, 1.165) is 43.6 Å². The molecule has 0 bridgehead atoms. The maximum Gasteiger partial charge on any atom is 0.273 e. The molecule has 0 unspecified atom stereocenters. The Morgan fingerprint density at radius 3 is 3.30 bits per heavy atom. The second kappa shape index (κ2) is 5.63. The zero-order valence-electron chi connectivity index (χ0n) is 11.6. The number of hydrogen-bond donors (Lipinski definition) is 1. The Hall–Kier alpha value is -1.88. The first kappa shape index (κ1) is 13.1. The van der Waals surface area contributed by atoms with E-state index < -0.39 is 0 Å². The third kappa shape index (κ3) is 2.41. The summed E-state index contributed by atoms with van der Waals surface area (Å²) < 4.78 is 5.45. The summed E-state index contributed by atoms with van der Waals surface area (Å²) in [6.07, 6.45) is 4.53. The molecule has 0 radical (unpaired) electrons. The molecule has 1 fully saturated rings. The molecule has 0 aromatic carbocycles. The SMILES string of the molecule is CCOC[C@H]1CCN(C(=O)c2nccc3[nH]ccc23)C1. The molecule has 1 saturated heterocycles. The molecule has 0 aliphatic carbocycles. The lowest BCUT2D eigenvalue weighted by atomic mass is 10.1. The molecule has 3 rings (SSSR count). The molecule has 5 nitrogen and oxygen atoms in total. The van der Waals surface area contributed by atoms with Gasteiger partial charge in [0.1, 0.15) is 5.69 Å². The van der Waals surface area contributed by atoms with Crippen LogP contribution in [0.2, 0.25) is 0 Å². The fourth-order valence-corrected chi connectivity index (χ4v) is 2.74. The molecule has 2 aromatic rings. The molecule has 1 atom stereocenters. The minimum absolute atomic E-state index is 0.0224. The molecular weight excluding hydrogens is 254 g/mol. The molecular formula is C15H19N3O2. The topological polar surface area (TPSA) is 58.2 Å². The van der Waals surface area contributed by atoms with Gasteiger partial charge in [-0.25, -0.2) is 0 Å². The van der Waals surface area contributed by atoms with E-state index >= 15 is 0 Å². The summed E-state index contributed by atoms with van der Waals surface area (Å²) >= 11 is 0. The van der Waals surface area contributed by atoms with Crippen LogP contribution in [0.15, 0.2) is 24.5 Å². The van der Waals surface area contributed by atoms with Crippen LogP contribution in [-0.2, 0) is 4.74 Å². The van der Waals surface area contributed by atoms with Crippen molar-refractivity contribution in [2.45, 2.75) is 13.3 Å². The Morgan fingerprint density at radius 2 is 2.45 bits per heavy atom. The summed E-state index contributed by atoms with van der Waals surface area (Å²) in [5.41, 5.74) is 1.49. The molecule has 0 spiro atoms. The number of H-pyrrole nitrogens is 1. The van der Waals surface area contributed by atoms with Crippen molar-refractivity contribution in [1.82, 2.24) is 14.9 Å². The van der Waals surface area contributed by atoms with E-state index in [0.29, 0.717) is 11.6 Å². The number of rotatable bonds is 4. The highest BCUT2D eigenvalue weighted by Gasteiger charge is 2.28. The van der Waals surface area contributed by atoms with Gasteiger partial charge in [-0.3, -0.25) is 9.78 Å². The molecule has 20 heavy (non-hydrogen) atoms. The number of hydrogen-bond acceptors (Lipinski definition) is 3. The maximum absolute atomic E-state index is 12.6. The van der Waals surface area contributed by atoms with E-state index in [9.17, 15) is 4.79 Å².